The Kier molecular flexibility index (Phi) is 10.2. The Labute approximate surface area is 129 Å². The summed E-state index contributed by atoms with van der Waals surface area (Å²) in [6.07, 6.45) is 18.7. The number of aliphatic carboxylic acids is 1. The SMILES string of the molecule is CCCCC/C=C\C[C@@H]1O[C@H]1CCCCCCCC(=O)O. The van der Waals surface area contributed by atoms with Gasteiger partial charge in [-0.3, -0.25) is 4.79 Å². The van der Waals surface area contributed by atoms with E-state index in [4.69, 9.17) is 9.84 Å². The second-order valence-corrected chi connectivity index (χ2v) is 6.12. The van der Waals surface area contributed by atoms with Gasteiger partial charge in [-0.05, 0) is 32.1 Å². The quantitative estimate of drug-likeness (QED) is 0.276. The fourth-order valence-corrected chi connectivity index (χ4v) is 2.65. The molecular formula is C18H32O3. The van der Waals surface area contributed by atoms with Gasteiger partial charge in [0.25, 0.3) is 0 Å². The van der Waals surface area contributed by atoms with Crippen molar-refractivity contribution in [2.45, 2.75) is 96.2 Å². The van der Waals surface area contributed by atoms with E-state index < -0.39 is 5.97 Å². The summed E-state index contributed by atoms with van der Waals surface area (Å²) in [5.41, 5.74) is 0. The monoisotopic (exact) mass is 296 g/mol. The molecule has 1 saturated heterocycles. The molecule has 0 aromatic carbocycles. The standard InChI is InChI=1S/C18H32O3/c1-2-3-4-5-7-10-13-16-17(21-16)14-11-8-6-9-12-15-18(19)20/h7,10,16-17H,2-6,8-9,11-15H2,1H3,(H,19,20)/b10-7-/t16-,17-/m0/s1. The number of unbranched alkanes of at least 4 members (excludes halogenated alkanes) is 7. The summed E-state index contributed by atoms with van der Waals surface area (Å²) in [4.78, 5) is 10.4. The number of ether oxygens (including phenoxy) is 1. The average molecular weight is 296 g/mol. The average Bonchev–Trinajstić information content (AvgIpc) is 3.20. The molecule has 21 heavy (non-hydrogen) atoms. The van der Waals surface area contributed by atoms with Gasteiger partial charge in [0.1, 0.15) is 0 Å². The predicted octanol–water partition coefficient (Wildman–Crippen LogP) is 5.10. The Morgan fingerprint density at radius 2 is 1.76 bits per heavy atom. The minimum Gasteiger partial charge on any atom is -0.481 e. The molecule has 1 aliphatic heterocycles. The summed E-state index contributed by atoms with van der Waals surface area (Å²) in [6.45, 7) is 2.23. The van der Waals surface area contributed by atoms with E-state index in [-0.39, 0.29) is 0 Å². The van der Waals surface area contributed by atoms with Crippen molar-refractivity contribution >= 4 is 5.97 Å². The second kappa shape index (κ2) is 11.8. The van der Waals surface area contributed by atoms with Crippen molar-refractivity contribution in [3.05, 3.63) is 12.2 Å². The van der Waals surface area contributed by atoms with E-state index in [1.165, 1.54) is 44.9 Å². The smallest absolute Gasteiger partial charge is 0.303 e. The van der Waals surface area contributed by atoms with E-state index in [1.807, 2.05) is 0 Å². The molecule has 1 N–H and O–H groups in total. The number of carboxylic acid groups (broad SMARTS) is 1. The van der Waals surface area contributed by atoms with E-state index in [1.54, 1.807) is 0 Å². The third-order valence-corrected chi connectivity index (χ3v) is 4.08. The summed E-state index contributed by atoms with van der Waals surface area (Å²) in [6, 6.07) is 0. The number of epoxide rings is 1. The highest BCUT2D eigenvalue weighted by Gasteiger charge is 2.36. The first-order valence-electron chi connectivity index (χ1n) is 8.76. The highest BCUT2D eigenvalue weighted by molar-refractivity contribution is 5.66. The molecule has 122 valence electrons. The first-order chi connectivity index (χ1) is 10.2. The summed E-state index contributed by atoms with van der Waals surface area (Å²) in [7, 11) is 0. The van der Waals surface area contributed by atoms with Gasteiger partial charge < -0.3 is 9.84 Å². The Bertz CT molecular complexity index is 299. The molecule has 1 aliphatic rings. The number of rotatable bonds is 14. The van der Waals surface area contributed by atoms with Crippen molar-refractivity contribution in [1.82, 2.24) is 0 Å². The molecule has 0 unspecified atom stereocenters. The van der Waals surface area contributed by atoms with Crippen LogP contribution >= 0.6 is 0 Å². The summed E-state index contributed by atoms with van der Waals surface area (Å²) in [5.74, 6) is -0.674. The Balaban J connectivity index is 1.83. The van der Waals surface area contributed by atoms with Crippen molar-refractivity contribution in [3.8, 4) is 0 Å². The normalized spacial score (nSPS) is 21.0. The van der Waals surface area contributed by atoms with Crippen LogP contribution in [0, 0.1) is 0 Å². The first kappa shape index (κ1) is 18.2. The van der Waals surface area contributed by atoms with Crippen LogP contribution in [0.1, 0.15) is 84.0 Å². The van der Waals surface area contributed by atoms with E-state index in [2.05, 4.69) is 19.1 Å². The Hall–Kier alpha value is -0.830. The van der Waals surface area contributed by atoms with Gasteiger partial charge in [0.15, 0.2) is 0 Å². The Morgan fingerprint density at radius 1 is 1.00 bits per heavy atom. The van der Waals surface area contributed by atoms with Crippen molar-refractivity contribution in [2.24, 2.45) is 0 Å². The van der Waals surface area contributed by atoms with Crippen LogP contribution in [-0.2, 0) is 9.53 Å². The van der Waals surface area contributed by atoms with Crippen LogP contribution in [0.3, 0.4) is 0 Å². The van der Waals surface area contributed by atoms with Gasteiger partial charge in [0, 0.05) is 6.42 Å². The van der Waals surface area contributed by atoms with Gasteiger partial charge in [0.05, 0.1) is 12.2 Å². The van der Waals surface area contributed by atoms with E-state index in [0.717, 1.165) is 25.7 Å². The van der Waals surface area contributed by atoms with Gasteiger partial charge >= 0.3 is 5.97 Å². The van der Waals surface area contributed by atoms with E-state index >= 15 is 0 Å². The van der Waals surface area contributed by atoms with Gasteiger partial charge in [-0.2, -0.15) is 0 Å². The molecule has 3 heteroatoms. The molecule has 1 rings (SSSR count). The van der Waals surface area contributed by atoms with Crippen molar-refractivity contribution in [1.29, 1.82) is 0 Å². The summed E-state index contributed by atoms with van der Waals surface area (Å²) in [5, 5.41) is 8.54. The molecule has 0 radical (unpaired) electrons. The summed E-state index contributed by atoms with van der Waals surface area (Å²) < 4.78 is 5.67. The van der Waals surface area contributed by atoms with Gasteiger partial charge in [-0.25, -0.2) is 0 Å². The lowest BCUT2D eigenvalue weighted by atomic mass is 10.1. The third-order valence-electron chi connectivity index (χ3n) is 4.08. The number of carboxylic acids is 1. The molecule has 0 amide bonds. The lowest BCUT2D eigenvalue weighted by molar-refractivity contribution is -0.137. The van der Waals surface area contributed by atoms with Crippen LogP contribution in [0.5, 0.6) is 0 Å². The molecule has 0 aliphatic carbocycles. The fraction of sp³-hybridized carbons (Fsp3) is 0.833. The van der Waals surface area contributed by atoms with Crippen molar-refractivity contribution in [3.63, 3.8) is 0 Å². The molecule has 0 saturated carbocycles. The second-order valence-electron chi connectivity index (χ2n) is 6.12. The lowest BCUT2D eigenvalue weighted by Gasteiger charge is -1.99. The number of hydrogen-bond donors (Lipinski definition) is 1. The number of allylic oxidation sites excluding steroid dienone is 1. The largest absolute Gasteiger partial charge is 0.481 e. The maximum absolute atomic E-state index is 10.4. The molecule has 1 fully saturated rings. The zero-order chi connectivity index (χ0) is 15.3. The highest BCUT2D eigenvalue weighted by atomic mass is 16.6. The maximum Gasteiger partial charge on any atom is 0.303 e. The number of carbonyl (C=O) groups is 1. The number of hydrogen-bond acceptors (Lipinski definition) is 2. The van der Waals surface area contributed by atoms with Crippen LogP contribution < -0.4 is 0 Å². The molecule has 0 aromatic heterocycles. The zero-order valence-corrected chi connectivity index (χ0v) is 13.6. The molecule has 0 aromatic rings. The zero-order valence-electron chi connectivity index (χ0n) is 13.6. The van der Waals surface area contributed by atoms with Gasteiger partial charge in [-0.1, -0.05) is 57.6 Å². The minimum atomic E-state index is -0.674. The lowest BCUT2D eigenvalue weighted by Crippen LogP contribution is -1.94. The minimum absolute atomic E-state index is 0.318. The molecular weight excluding hydrogens is 264 g/mol. The molecule has 0 spiro atoms. The van der Waals surface area contributed by atoms with E-state index in [0.29, 0.717) is 18.6 Å². The van der Waals surface area contributed by atoms with Crippen LogP contribution in [0.15, 0.2) is 12.2 Å². The van der Waals surface area contributed by atoms with Crippen LogP contribution in [-0.4, -0.2) is 23.3 Å². The highest BCUT2D eigenvalue weighted by Crippen LogP contribution is 2.30. The summed E-state index contributed by atoms with van der Waals surface area (Å²) >= 11 is 0. The topological polar surface area (TPSA) is 49.8 Å². The predicted molar refractivity (Wildman–Crippen MR) is 86.5 cm³/mol. The van der Waals surface area contributed by atoms with Crippen LogP contribution in [0.25, 0.3) is 0 Å². The third kappa shape index (κ3) is 10.5. The van der Waals surface area contributed by atoms with Crippen LogP contribution in [0.2, 0.25) is 0 Å². The van der Waals surface area contributed by atoms with Gasteiger partial charge in [-0.15, -0.1) is 0 Å². The first-order valence-corrected chi connectivity index (χ1v) is 8.76. The molecule has 0 bridgehead atoms. The molecule has 3 nitrogen and oxygen atoms in total. The maximum atomic E-state index is 10.4. The van der Waals surface area contributed by atoms with Crippen molar-refractivity contribution < 1.29 is 14.6 Å². The molecule has 2 atom stereocenters. The van der Waals surface area contributed by atoms with Crippen molar-refractivity contribution in [2.75, 3.05) is 0 Å². The molecule has 1 heterocycles. The Morgan fingerprint density at radius 3 is 2.52 bits per heavy atom. The van der Waals surface area contributed by atoms with E-state index in [9.17, 15) is 4.79 Å². The fourth-order valence-electron chi connectivity index (χ4n) is 2.65. The van der Waals surface area contributed by atoms with Crippen LogP contribution in [0.4, 0.5) is 0 Å². The van der Waals surface area contributed by atoms with Gasteiger partial charge in [0.2, 0.25) is 0 Å².